The molecule has 1 N–H and O–H groups in total. The predicted molar refractivity (Wildman–Crippen MR) is 73.2 cm³/mol. The maximum atomic E-state index is 4.10. The van der Waals surface area contributed by atoms with Gasteiger partial charge >= 0.3 is 0 Å². The fourth-order valence-electron chi connectivity index (χ4n) is 3.11. The molecule has 3 nitrogen and oxygen atoms in total. The van der Waals surface area contributed by atoms with Crippen LogP contribution in [0.3, 0.4) is 0 Å². The molecular formula is C13H18BrN3. The van der Waals surface area contributed by atoms with Crippen LogP contribution in [0, 0.1) is 0 Å². The number of nitrogens with zero attached hydrogens (tertiary/aromatic N) is 2. The molecule has 0 aliphatic carbocycles. The number of hydrogen-bond acceptors (Lipinski definition) is 3. The number of fused-ring (bicyclic) bond motifs is 1. The molecule has 0 bridgehead atoms. The topological polar surface area (TPSA) is 28.2 Å². The van der Waals surface area contributed by atoms with Crippen molar-refractivity contribution in [2.45, 2.75) is 37.8 Å². The molecule has 2 unspecified atom stereocenters. The zero-order valence-electron chi connectivity index (χ0n) is 9.90. The van der Waals surface area contributed by atoms with Gasteiger partial charge in [-0.15, -0.1) is 0 Å². The molecule has 17 heavy (non-hydrogen) atoms. The van der Waals surface area contributed by atoms with Gasteiger partial charge in [-0.2, -0.15) is 0 Å². The maximum absolute atomic E-state index is 4.10. The summed E-state index contributed by atoms with van der Waals surface area (Å²) < 4.78 is 1.06. The monoisotopic (exact) mass is 295 g/mol. The molecule has 2 saturated heterocycles. The van der Waals surface area contributed by atoms with E-state index in [2.05, 4.69) is 37.2 Å². The minimum Gasteiger partial charge on any atom is -0.380 e. The first-order valence-corrected chi connectivity index (χ1v) is 7.24. The summed E-state index contributed by atoms with van der Waals surface area (Å²) >= 11 is 3.55. The molecule has 3 heterocycles. The first-order chi connectivity index (χ1) is 8.34. The van der Waals surface area contributed by atoms with Crippen molar-refractivity contribution in [3.8, 4) is 0 Å². The molecule has 1 aromatic heterocycles. The van der Waals surface area contributed by atoms with E-state index in [4.69, 9.17) is 0 Å². The van der Waals surface area contributed by atoms with Crippen LogP contribution in [0.4, 0.5) is 5.69 Å². The quantitative estimate of drug-likeness (QED) is 0.909. The second-order valence-corrected chi connectivity index (χ2v) is 5.85. The van der Waals surface area contributed by atoms with Crippen LogP contribution in [0.5, 0.6) is 0 Å². The SMILES string of the molecule is Brc1cnccc1NC1CCN2CCCCC12. The number of piperidine rings is 1. The Kier molecular flexibility index (Phi) is 3.34. The van der Waals surface area contributed by atoms with Gasteiger partial charge < -0.3 is 5.32 Å². The molecule has 92 valence electrons. The summed E-state index contributed by atoms with van der Waals surface area (Å²) in [7, 11) is 0. The average Bonchev–Trinajstić information content (AvgIpc) is 2.76. The highest BCUT2D eigenvalue weighted by atomic mass is 79.9. The van der Waals surface area contributed by atoms with Crippen LogP contribution in [0.1, 0.15) is 25.7 Å². The molecule has 0 aromatic carbocycles. The van der Waals surface area contributed by atoms with E-state index in [1.807, 2.05) is 12.4 Å². The van der Waals surface area contributed by atoms with Crippen LogP contribution in [-0.2, 0) is 0 Å². The Labute approximate surface area is 111 Å². The molecule has 3 rings (SSSR count). The van der Waals surface area contributed by atoms with Crippen LogP contribution >= 0.6 is 15.9 Å². The number of hydrogen-bond donors (Lipinski definition) is 1. The highest BCUT2D eigenvalue weighted by molar-refractivity contribution is 9.10. The summed E-state index contributed by atoms with van der Waals surface area (Å²) in [5.74, 6) is 0. The van der Waals surface area contributed by atoms with Crippen LogP contribution in [0.15, 0.2) is 22.9 Å². The van der Waals surface area contributed by atoms with Gasteiger partial charge in [0, 0.05) is 31.0 Å². The van der Waals surface area contributed by atoms with E-state index in [-0.39, 0.29) is 0 Å². The van der Waals surface area contributed by atoms with E-state index in [9.17, 15) is 0 Å². The fourth-order valence-corrected chi connectivity index (χ4v) is 3.47. The van der Waals surface area contributed by atoms with Gasteiger partial charge in [0.25, 0.3) is 0 Å². The van der Waals surface area contributed by atoms with Crippen LogP contribution in [0.25, 0.3) is 0 Å². The molecule has 2 atom stereocenters. The summed E-state index contributed by atoms with van der Waals surface area (Å²) in [5, 5.41) is 3.68. The molecular weight excluding hydrogens is 278 g/mol. The lowest BCUT2D eigenvalue weighted by Crippen LogP contribution is -2.41. The summed E-state index contributed by atoms with van der Waals surface area (Å²) in [6.07, 6.45) is 9.08. The van der Waals surface area contributed by atoms with Crippen molar-refractivity contribution in [2.75, 3.05) is 18.4 Å². The molecule has 2 aliphatic rings. The van der Waals surface area contributed by atoms with Crippen molar-refractivity contribution >= 4 is 21.6 Å². The van der Waals surface area contributed by atoms with E-state index >= 15 is 0 Å². The predicted octanol–water partition coefficient (Wildman–Crippen LogP) is 2.88. The number of aromatic nitrogens is 1. The third kappa shape index (κ3) is 2.33. The number of rotatable bonds is 2. The van der Waals surface area contributed by atoms with Gasteiger partial charge in [0.1, 0.15) is 0 Å². The summed E-state index contributed by atoms with van der Waals surface area (Å²) in [6.45, 7) is 2.55. The lowest BCUT2D eigenvalue weighted by molar-refractivity contribution is 0.193. The van der Waals surface area contributed by atoms with Crippen molar-refractivity contribution in [3.05, 3.63) is 22.9 Å². The first-order valence-electron chi connectivity index (χ1n) is 6.45. The Morgan fingerprint density at radius 2 is 2.24 bits per heavy atom. The third-order valence-electron chi connectivity index (χ3n) is 3.97. The number of anilines is 1. The molecule has 0 amide bonds. The largest absolute Gasteiger partial charge is 0.380 e. The third-order valence-corrected chi connectivity index (χ3v) is 4.60. The molecule has 2 fully saturated rings. The van der Waals surface area contributed by atoms with Crippen molar-refractivity contribution in [3.63, 3.8) is 0 Å². The van der Waals surface area contributed by atoms with Gasteiger partial charge in [0.15, 0.2) is 0 Å². The normalized spacial score (nSPS) is 29.0. The highest BCUT2D eigenvalue weighted by Gasteiger charge is 2.35. The summed E-state index contributed by atoms with van der Waals surface area (Å²) in [4.78, 5) is 6.75. The Hall–Kier alpha value is -0.610. The van der Waals surface area contributed by atoms with Gasteiger partial charge in [0.2, 0.25) is 0 Å². The van der Waals surface area contributed by atoms with Gasteiger partial charge in [-0.05, 0) is 47.8 Å². The van der Waals surface area contributed by atoms with Gasteiger partial charge in [-0.3, -0.25) is 9.88 Å². The zero-order chi connectivity index (χ0) is 11.7. The molecule has 0 spiro atoms. The van der Waals surface area contributed by atoms with Crippen LogP contribution in [-0.4, -0.2) is 35.1 Å². The number of pyridine rings is 1. The van der Waals surface area contributed by atoms with Gasteiger partial charge in [-0.25, -0.2) is 0 Å². The minimum absolute atomic E-state index is 0.606. The molecule has 4 heteroatoms. The molecule has 2 aliphatic heterocycles. The van der Waals surface area contributed by atoms with Crippen molar-refractivity contribution < 1.29 is 0 Å². The number of halogens is 1. The lowest BCUT2D eigenvalue weighted by Gasteiger charge is -2.33. The van der Waals surface area contributed by atoms with Gasteiger partial charge in [-0.1, -0.05) is 6.42 Å². The fraction of sp³-hybridized carbons (Fsp3) is 0.615. The van der Waals surface area contributed by atoms with Crippen molar-refractivity contribution in [2.24, 2.45) is 0 Å². The molecule has 0 radical (unpaired) electrons. The second kappa shape index (κ2) is 4.94. The Bertz CT molecular complexity index is 396. The van der Waals surface area contributed by atoms with E-state index < -0.39 is 0 Å². The minimum atomic E-state index is 0.606. The highest BCUT2D eigenvalue weighted by Crippen LogP contribution is 2.31. The van der Waals surface area contributed by atoms with Crippen LogP contribution in [0.2, 0.25) is 0 Å². The smallest absolute Gasteiger partial charge is 0.0590 e. The van der Waals surface area contributed by atoms with Gasteiger partial charge in [0.05, 0.1) is 10.2 Å². The van der Waals surface area contributed by atoms with E-state index in [1.54, 1.807) is 0 Å². The van der Waals surface area contributed by atoms with E-state index in [0.29, 0.717) is 6.04 Å². The lowest BCUT2D eigenvalue weighted by atomic mass is 9.99. The van der Waals surface area contributed by atoms with Crippen molar-refractivity contribution in [1.29, 1.82) is 0 Å². The summed E-state index contributed by atoms with van der Waals surface area (Å²) in [6, 6.07) is 3.40. The number of nitrogens with one attached hydrogen (secondary N) is 1. The standard InChI is InChI=1S/C13H18BrN3/c14-10-9-15-6-4-11(10)16-12-5-8-17-7-2-1-3-13(12)17/h4,6,9,12-13H,1-3,5,7-8H2,(H,15,16). The Morgan fingerprint density at radius 3 is 3.12 bits per heavy atom. The Balaban J connectivity index is 1.71. The average molecular weight is 296 g/mol. The van der Waals surface area contributed by atoms with E-state index in [1.165, 1.54) is 44.5 Å². The molecule has 1 aromatic rings. The molecule has 0 saturated carbocycles. The van der Waals surface area contributed by atoms with E-state index in [0.717, 1.165) is 10.5 Å². The zero-order valence-corrected chi connectivity index (χ0v) is 11.5. The summed E-state index contributed by atoms with van der Waals surface area (Å²) in [5.41, 5.74) is 1.18. The first kappa shape index (κ1) is 11.5. The van der Waals surface area contributed by atoms with Crippen molar-refractivity contribution in [1.82, 2.24) is 9.88 Å². The second-order valence-electron chi connectivity index (χ2n) is 4.99. The van der Waals surface area contributed by atoms with Crippen LogP contribution < -0.4 is 5.32 Å². The Morgan fingerprint density at radius 1 is 1.29 bits per heavy atom. The maximum Gasteiger partial charge on any atom is 0.0590 e.